The molecule has 1 amide bonds. The number of carbonyl (C=O) groups excluding carboxylic acids is 1. The second-order valence-electron chi connectivity index (χ2n) is 7.23. The minimum Gasteiger partial charge on any atom is -0.336 e. The van der Waals surface area contributed by atoms with Gasteiger partial charge in [-0.15, -0.1) is 0 Å². The highest BCUT2D eigenvalue weighted by atomic mass is 16.2. The zero-order valence-corrected chi connectivity index (χ0v) is 16.4. The first-order chi connectivity index (χ1) is 14.8. The van der Waals surface area contributed by atoms with Crippen molar-refractivity contribution in [2.24, 2.45) is 0 Å². The number of amides is 1. The van der Waals surface area contributed by atoms with E-state index in [2.05, 4.69) is 27.3 Å². The quantitative estimate of drug-likeness (QED) is 0.525. The van der Waals surface area contributed by atoms with E-state index >= 15 is 0 Å². The van der Waals surface area contributed by atoms with Crippen molar-refractivity contribution < 1.29 is 4.79 Å². The third-order valence-electron chi connectivity index (χ3n) is 5.27. The summed E-state index contributed by atoms with van der Waals surface area (Å²) in [6.45, 7) is 1.83. The van der Waals surface area contributed by atoms with Gasteiger partial charge in [-0.25, -0.2) is 19.3 Å². The lowest BCUT2D eigenvalue weighted by Gasteiger charge is -2.21. The average Bonchev–Trinajstić information content (AvgIpc) is 3.41. The van der Waals surface area contributed by atoms with Gasteiger partial charge in [-0.3, -0.25) is 4.79 Å². The lowest BCUT2D eigenvalue weighted by molar-refractivity contribution is 0.0758. The Bertz CT molecular complexity index is 1130. The molecule has 30 heavy (non-hydrogen) atoms. The van der Waals surface area contributed by atoms with Crippen LogP contribution >= 0.6 is 0 Å². The molecule has 0 unspecified atom stereocenters. The van der Waals surface area contributed by atoms with E-state index in [9.17, 15) is 4.79 Å². The minimum atomic E-state index is -0.0173. The molecule has 150 valence electrons. The molecule has 8 nitrogen and oxygen atoms in total. The van der Waals surface area contributed by atoms with Gasteiger partial charge in [0.05, 0.1) is 17.8 Å². The smallest absolute Gasteiger partial charge is 0.256 e. The molecule has 0 saturated heterocycles. The lowest BCUT2D eigenvalue weighted by atomic mass is 10.1. The maximum absolute atomic E-state index is 13.3. The summed E-state index contributed by atoms with van der Waals surface area (Å²) in [5.74, 6) is 1.74. The van der Waals surface area contributed by atoms with Crippen LogP contribution in [0.25, 0.3) is 5.69 Å². The first kappa shape index (κ1) is 18.2. The van der Waals surface area contributed by atoms with Crippen LogP contribution in [0.15, 0.2) is 67.3 Å². The molecule has 0 atom stereocenters. The van der Waals surface area contributed by atoms with Gasteiger partial charge in [0.15, 0.2) is 5.82 Å². The van der Waals surface area contributed by atoms with Crippen molar-refractivity contribution in [3.8, 4) is 5.69 Å². The van der Waals surface area contributed by atoms with Crippen molar-refractivity contribution in [1.29, 1.82) is 0 Å². The number of benzene rings is 2. The summed E-state index contributed by atoms with van der Waals surface area (Å²) in [4.78, 5) is 23.8. The van der Waals surface area contributed by atoms with Crippen LogP contribution in [-0.2, 0) is 19.4 Å². The maximum atomic E-state index is 13.3. The predicted molar refractivity (Wildman–Crippen MR) is 110 cm³/mol. The van der Waals surface area contributed by atoms with E-state index in [4.69, 9.17) is 4.98 Å². The third-order valence-corrected chi connectivity index (χ3v) is 5.27. The van der Waals surface area contributed by atoms with Crippen LogP contribution in [0.2, 0.25) is 0 Å². The van der Waals surface area contributed by atoms with Crippen molar-refractivity contribution in [1.82, 2.24) is 34.4 Å². The molecular weight excluding hydrogens is 378 g/mol. The maximum Gasteiger partial charge on any atom is 0.256 e. The molecule has 0 spiro atoms. The van der Waals surface area contributed by atoms with Crippen molar-refractivity contribution in [3.05, 3.63) is 90.0 Å². The van der Waals surface area contributed by atoms with E-state index in [-0.39, 0.29) is 5.91 Å². The second-order valence-corrected chi connectivity index (χ2v) is 7.23. The standard InChI is InChI=1S/C22H21N7O/c30-22(18-8-4-5-9-19(18)29-16-23-15-24-29)27-11-10-21-25-20(26-28(21)13-12-27)14-17-6-2-1-3-7-17/h1-9,15-16H,10-14H2. The van der Waals surface area contributed by atoms with E-state index in [1.165, 1.54) is 11.9 Å². The average molecular weight is 399 g/mol. The molecule has 4 aromatic rings. The van der Waals surface area contributed by atoms with Gasteiger partial charge in [-0.2, -0.15) is 10.2 Å². The molecule has 0 fully saturated rings. The summed E-state index contributed by atoms with van der Waals surface area (Å²) in [5.41, 5.74) is 2.53. The molecule has 0 radical (unpaired) electrons. The molecular formula is C22H21N7O. The van der Waals surface area contributed by atoms with Crippen LogP contribution in [0.4, 0.5) is 0 Å². The summed E-state index contributed by atoms with van der Waals surface area (Å²) in [7, 11) is 0. The van der Waals surface area contributed by atoms with Crippen molar-refractivity contribution in [2.75, 3.05) is 13.1 Å². The van der Waals surface area contributed by atoms with Crippen LogP contribution < -0.4 is 0 Å². The van der Waals surface area contributed by atoms with Gasteiger partial charge in [-0.05, 0) is 17.7 Å². The Morgan fingerprint density at radius 1 is 0.967 bits per heavy atom. The number of hydrogen-bond donors (Lipinski definition) is 0. The Hall–Kier alpha value is -3.81. The molecule has 1 aliphatic heterocycles. The second kappa shape index (κ2) is 7.90. The molecule has 2 aromatic carbocycles. The first-order valence-corrected chi connectivity index (χ1v) is 9.98. The summed E-state index contributed by atoms with van der Waals surface area (Å²) in [6, 6.07) is 17.7. The van der Waals surface area contributed by atoms with Gasteiger partial charge < -0.3 is 4.90 Å². The fraction of sp³-hybridized carbons (Fsp3) is 0.227. The molecule has 0 bridgehead atoms. The van der Waals surface area contributed by atoms with E-state index < -0.39 is 0 Å². The minimum absolute atomic E-state index is 0.0173. The molecule has 0 N–H and O–H groups in total. The Kier molecular flexibility index (Phi) is 4.80. The number of para-hydroxylation sites is 1. The van der Waals surface area contributed by atoms with E-state index in [0.717, 1.165) is 23.8 Å². The topological polar surface area (TPSA) is 81.7 Å². The SMILES string of the molecule is O=C(c1ccccc1-n1cncn1)N1CCc2nc(Cc3ccccc3)nn2CC1. The normalized spacial score (nSPS) is 13.7. The van der Waals surface area contributed by atoms with Gasteiger partial charge in [0.25, 0.3) is 5.91 Å². The zero-order valence-electron chi connectivity index (χ0n) is 16.4. The van der Waals surface area contributed by atoms with Gasteiger partial charge in [-0.1, -0.05) is 42.5 Å². The van der Waals surface area contributed by atoms with Gasteiger partial charge >= 0.3 is 0 Å². The summed E-state index contributed by atoms with van der Waals surface area (Å²) in [5, 5.41) is 8.85. The highest BCUT2D eigenvalue weighted by Gasteiger charge is 2.24. The Labute approximate surface area is 173 Å². The molecule has 8 heteroatoms. The highest BCUT2D eigenvalue weighted by molar-refractivity contribution is 5.97. The van der Waals surface area contributed by atoms with Crippen molar-refractivity contribution >= 4 is 5.91 Å². The van der Waals surface area contributed by atoms with Crippen molar-refractivity contribution in [3.63, 3.8) is 0 Å². The van der Waals surface area contributed by atoms with Gasteiger partial charge in [0, 0.05) is 25.9 Å². The molecule has 1 aliphatic rings. The summed E-state index contributed by atoms with van der Waals surface area (Å²) in [6.07, 6.45) is 4.46. The summed E-state index contributed by atoms with van der Waals surface area (Å²) < 4.78 is 3.56. The molecule has 2 aromatic heterocycles. The monoisotopic (exact) mass is 399 g/mol. The third kappa shape index (κ3) is 3.59. The van der Waals surface area contributed by atoms with Crippen LogP contribution in [0.5, 0.6) is 0 Å². The molecule has 3 heterocycles. The number of fused-ring (bicyclic) bond motifs is 1. The molecule has 0 saturated carbocycles. The van der Waals surface area contributed by atoms with Crippen LogP contribution in [0.1, 0.15) is 27.6 Å². The predicted octanol–water partition coefficient (Wildman–Crippen LogP) is 2.15. The fourth-order valence-electron chi connectivity index (χ4n) is 3.77. The van der Waals surface area contributed by atoms with Gasteiger partial charge in [0.2, 0.25) is 0 Å². The number of rotatable bonds is 4. The number of hydrogen-bond acceptors (Lipinski definition) is 5. The summed E-state index contributed by atoms with van der Waals surface area (Å²) >= 11 is 0. The molecule has 0 aliphatic carbocycles. The Balaban J connectivity index is 1.32. The zero-order chi connectivity index (χ0) is 20.3. The number of aromatic nitrogens is 6. The largest absolute Gasteiger partial charge is 0.336 e. The Morgan fingerprint density at radius 2 is 1.80 bits per heavy atom. The van der Waals surface area contributed by atoms with Crippen LogP contribution in [0.3, 0.4) is 0 Å². The fourth-order valence-corrected chi connectivity index (χ4v) is 3.77. The highest BCUT2D eigenvalue weighted by Crippen LogP contribution is 2.18. The first-order valence-electron chi connectivity index (χ1n) is 9.98. The Morgan fingerprint density at radius 3 is 2.63 bits per heavy atom. The van der Waals surface area contributed by atoms with Crippen LogP contribution in [0, 0.1) is 0 Å². The van der Waals surface area contributed by atoms with E-state index in [0.29, 0.717) is 31.6 Å². The molecule has 5 rings (SSSR count). The van der Waals surface area contributed by atoms with E-state index in [1.54, 1.807) is 11.0 Å². The number of carbonyl (C=O) groups is 1. The van der Waals surface area contributed by atoms with E-state index in [1.807, 2.05) is 52.0 Å². The van der Waals surface area contributed by atoms with Crippen LogP contribution in [-0.4, -0.2) is 53.4 Å². The number of nitrogens with zero attached hydrogens (tertiary/aromatic N) is 7. The van der Waals surface area contributed by atoms with Gasteiger partial charge in [0.1, 0.15) is 18.5 Å². The lowest BCUT2D eigenvalue weighted by Crippen LogP contribution is -2.34. The van der Waals surface area contributed by atoms with Crippen molar-refractivity contribution in [2.45, 2.75) is 19.4 Å².